The first-order valence-electron chi connectivity index (χ1n) is 8.61. The molecule has 1 fully saturated rings. The number of imidazole rings is 1. The third-order valence-electron chi connectivity index (χ3n) is 4.66. The summed E-state index contributed by atoms with van der Waals surface area (Å²) in [5.41, 5.74) is 1.53. The molecule has 1 aliphatic rings. The van der Waals surface area contributed by atoms with Crippen LogP contribution in [-0.4, -0.2) is 46.7 Å². The van der Waals surface area contributed by atoms with Gasteiger partial charge in [0.15, 0.2) is 5.13 Å². The first-order chi connectivity index (χ1) is 12.6. The van der Waals surface area contributed by atoms with E-state index in [1.807, 2.05) is 25.2 Å². The van der Waals surface area contributed by atoms with Gasteiger partial charge in [0.2, 0.25) is 0 Å². The molecular weight excluding hydrogens is 350 g/mol. The monoisotopic (exact) mass is 371 g/mol. The van der Waals surface area contributed by atoms with Crippen LogP contribution in [0.5, 0.6) is 5.75 Å². The number of nitrogens with zero attached hydrogens (tertiary/aromatic N) is 4. The summed E-state index contributed by atoms with van der Waals surface area (Å²) in [6.07, 6.45) is 5.22. The van der Waals surface area contributed by atoms with Crippen molar-refractivity contribution in [3.05, 3.63) is 36.4 Å². The number of nitrogens with one attached hydrogen (secondary N) is 1. The molecule has 0 aliphatic carbocycles. The Hall–Kier alpha value is -2.61. The van der Waals surface area contributed by atoms with E-state index in [-0.39, 0.29) is 11.9 Å². The van der Waals surface area contributed by atoms with E-state index >= 15 is 0 Å². The van der Waals surface area contributed by atoms with Crippen molar-refractivity contribution in [1.82, 2.24) is 19.9 Å². The van der Waals surface area contributed by atoms with E-state index in [0.717, 1.165) is 47.0 Å². The number of rotatable bonds is 4. The lowest BCUT2D eigenvalue weighted by Gasteiger charge is -2.32. The largest absolute Gasteiger partial charge is 0.497 e. The molecular formula is C18H21N5O2S. The standard InChI is InChI=1S/C18H21N5O2S/c1-22-11-19-9-15(22)17(24)20-12-4-3-7-23(10-12)18-21-14-8-13(25-2)5-6-16(14)26-18/h5-6,8-9,11-12H,3-4,7,10H2,1-2H3,(H,20,24). The number of carbonyl (C=O) groups excluding carboxylic acids is 1. The molecule has 1 saturated heterocycles. The van der Waals surface area contributed by atoms with Crippen LogP contribution in [-0.2, 0) is 7.05 Å². The van der Waals surface area contributed by atoms with Crippen LogP contribution >= 0.6 is 11.3 Å². The third kappa shape index (κ3) is 3.24. The number of aromatic nitrogens is 3. The van der Waals surface area contributed by atoms with E-state index in [2.05, 4.69) is 15.2 Å². The third-order valence-corrected chi connectivity index (χ3v) is 5.76. The molecule has 0 bridgehead atoms. The van der Waals surface area contributed by atoms with Crippen LogP contribution in [0.2, 0.25) is 0 Å². The number of piperidine rings is 1. The zero-order valence-electron chi connectivity index (χ0n) is 14.8. The van der Waals surface area contributed by atoms with Gasteiger partial charge in [0.05, 0.1) is 29.9 Å². The normalized spacial score (nSPS) is 17.5. The molecule has 7 nitrogen and oxygen atoms in total. The van der Waals surface area contributed by atoms with E-state index in [9.17, 15) is 4.79 Å². The molecule has 3 heterocycles. The second kappa shape index (κ2) is 6.95. The Bertz CT molecular complexity index is 935. The van der Waals surface area contributed by atoms with Gasteiger partial charge < -0.3 is 19.5 Å². The van der Waals surface area contributed by atoms with Gasteiger partial charge in [-0.1, -0.05) is 11.3 Å². The van der Waals surface area contributed by atoms with Crippen molar-refractivity contribution in [2.45, 2.75) is 18.9 Å². The number of thiazole rings is 1. The number of fused-ring (bicyclic) bond motifs is 1. The van der Waals surface area contributed by atoms with Gasteiger partial charge in [-0.3, -0.25) is 4.79 Å². The summed E-state index contributed by atoms with van der Waals surface area (Å²) in [6.45, 7) is 1.72. The zero-order valence-corrected chi connectivity index (χ0v) is 15.6. The maximum atomic E-state index is 12.4. The van der Waals surface area contributed by atoms with Crippen LogP contribution in [0.1, 0.15) is 23.3 Å². The fourth-order valence-electron chi connectivity index (χ4n) is 3.26. The Morgan fingerprint density at radius 3 is 3.08 bits per heavy atom. The van der Waals surface area contributed by atoms with Gasteiger partial charge in [-0.05, 0) is 25.0 Å². The van der Waals surface area contributed by atoms with Crippen molar-refractivity contribution < 1.29 is 9.53 Å². The van der Waals surface area contributed by atoms with Crippen molar-refractivity contribution in [2.24, 2.45) is 7.05 Å². The quantitative estimate of drug-likeness (QED) is 0.763. The topological polar surface area (TPSA) is 72.3 Å². The highest BCUT2D eigenvalue weighted by molar-refractivity contribution is 7.22. The molecule has 136 valence electrons. The second-order valence-electron chi connectivity index (χ2n) is 6.48. The average Bonchev–Trinajstić information content (AvgIpc) is 3.27. The number of hydrogen-bond donors (Lipinski definition) is 1. The Kier molecular flexibility index (Phi) is 4.50. The number of benzene rings is 1. The zero-order chi connectivity index (χ0) is 18.1. The molecule has 1 aromatic carbocycles. The Morgan fingerprint density at radius 1 is 1.42 bits per heavy atom. The number of amides is 1. The summed E-state index contributed by atoms with van der Waals surface area (Å²) >= 11 is 1.68. The lowest BCUT2D eigenvalue weighted by atomic mass is 10.1. The molecule has 0 saturated carbocycles. The minimum atomic E-state index is -0.0779. The molecule has 2 aromatic heterocycles. The smallest absolute Gasteiger partial charge is 0.269 e. The lowest BCUT2D eigenvalue weighted by molar-refractivity contribution is 0.0925. The molecule has 1 atom stereocenters. The van der Waals surface area contributed by atoms with E-state index in [1.54, 1.807) is 35.5 Å². The van der Waals surface area contributed by atoms with Crippen molar-refractivity contribution in [2.75, 3.05) is 25.1 Å². The van der Waals surface area contributed by atoms with Crippen molar-refractivity contribution in [3.8, 4) is 5.75 Å². The fraction of sp³-hybridized carbons (Fsp3) is 0.389. The highest BCUT2D eigenvalue weighted by atomic mass is 32.1. The maximum Gasteiger partial charge on any atom is 0.269 e. The first-order valence-corrected chi connectivity index (χ1v) is 9.42. The number of ether oxygens (including phenoxy) is 1. The van der Waals surface area contributed by atoms with Crippen molar-refractivity contribution in [3.63, 3.8) is 0 Å². The molecule has 3 aromatic rings. The summed E-state index contributed by atoms with van der Waals surface area (Å²) in [5.74, 6) is 0.736. The van der Waals surface area contributed by atoms with Gasteiger partial charge in [0.25, 0.3) is 5.91 Å². The fourth-order valence-corrected chi connectivity index (χ4v) is 4.24. The predicted octanol–water partition coefficient (Wildman–Crippen LogP) is 2.44. The summed E-state index contributed by atoms with van der Waals surface area (Å²) in [5, 5.41) is 4.12. The van der Waals surface area contributed by atoms with Crippen LogP contribution in [0.3, 0.4) is 0 Å². The van der Waals surface area contributed by atoms with Gasteiger partial charge in [0, 0.05) is 32.2 Å². The summed E-state index contributed by atoms with van der Waals surface area (Å²) in [6, 6.07) is 6.06. The van der Waals surface area contributed by atoms with E-state index in [0.29, 0.717) is 5.69 Å². The van der Waals surface area contributed by atoms with Gasteiger partial charge >= 0.3 is 0 Å². The van der Waals surface area contributed by atoms with Gasteiger partial charge in [-0.2, -0.15) is 0 Å². The molecule has 0 spiro atoms. The number of hydrogen-bond acceptors (Lipinski definition) is 6. The Balaban J connectivity index is 1.48. The highest BCUT2D eigenvalue weighted by Crippen LogP contribution is 2.32. The SMILES string of the molecule is COc1ccc2sc(N3CCCC(NC(=O)c4cncn4C)C3)nc2c1. The summed E-state index contributed by atoms with van der Waals surface area (Å²) in [7, 11) is 3.49. The molecule has 1 unspecified atom stereocenters. The molecule has 8 heteroatoms. The van der Waals surface area contributed by atoms with E-state index < -0.39 is 0 Å². The molecule has 4 rings (SSSR count). The van der Waals surface area contributed by atoms with Crippen LogP contribution < -0.4 is 15.0 Å². The number of carbonyl (C=O) groups is 1. The summed E-state index contributed by atoms with van der Waals surface area (Å²) < 4.78 is 8.15. The van der Waals surface area contributed by atoms with Gasteiger partial charge in [-0.25, -0.2) is 9.97 Å². The van der Waals surface area contributed by atoms with Crippen molar-refractivity contribution in [1.29, 1.82) is 0 Å². The number of anilines is 1. The van der Waals surface area contributed by atoms with Crippen LogP contribution in [0.15, 0.2) is 30.7 Å². The Morgan fingerprint density at radius 2 is 2.31 bits per heavy atom. The van der Waals surface area contributed by atoms with Crippen LogP contribution in [0.25, 0.3) is 10.2 Å². The molecule has 1 N–H and O–H groups in total. The van der Waals surface area contributed by atoms with Gasteiger partial charge in [-0.15, -0.1) is 0 Å². The molecule has 1 aliphatic heterocycles. The predicted molar refractivity (Wildman–Crippen MR) is 102 cm³/mol. The molecule has 0 radical (unpaired) electrons. The number of methoxy groups -OCH3 is 1. The number of aryl methyl sites for hydroxylation is 1. The lowest BCUT2D eigenvalue weighted by Crippen LogP contribution is -2.48. The van der Waals surface area contributed by atoms with Crippen LogP contribution in [0, 0.1) is 0 Å². The van der Waals surface area contributed by atoms with Gasteiger partial charge in [0.1, 0.15) is 11.4 Å². The van der Waals surface area contributed by atoms with E-state index in [4.69, 9.17) is 9.72 Å². The average molecular weight is 371 g/mol. The highest BCUT2D eigenvalue weighted by Gasteiger charge is 2.24. The minimum absolute atomic E-state index is 0.0779. The summed E-state index contributed by atoms with van der Waals surface area (Å²) in [4.78, 5) is 23.5. The van der Waals surface area contributed by atoms with Crippen molar-refractivity contribution >= 4 is 32.6 Å². The minimum Gasteiger partial charge on any atom is -0.497 e. The molecule has 26 heavy (non-hydrogen) atoms. The maximum absolute atomic E-state index is 12.4. The Labute approximate surface area is 155 Å². The second-order valence-corrected chi connectivity index (χ2v) is 7.49. The first kappa shape index (κ1) is 16.8. The van der Waals surface area contributed by atoms with Crippen LogP contribution in [0.4, 0.5) is 5.13 Å². The molecule has 1 amide bonds. The van der Waals surface area contributed by atoms with E-state index in [1.165, 1.54) is 0 Å².